The smallest absolute Gasteiger partial charge is 0.293 e. The van der Waals surface area contributed by atoms with Crippen molar-refractivity contribution >= 4 is 46.0 Å². The summed E-state index contributed by atoms with van der Waals surface area (Å²) in [5.74, 6) is -0.0164. The molecule has 2 aromatic heterocycles. The third kappa shape index (κ3) is 4.12. The van der Waals surface area contributed by atoms with Crippen molar-refractivity contribution in [2.45, 2.75) is 12.8 Å². The van der Waals surface area contributed by atoms with Crippen molar-refractivity contribution in [3.05, 3.63) is 74.3 Å². The predicted octanol–water partition coefficient (Wildman–Crippen LogP) is 3.40. The maximum Gasteiger partial charge on any atom is 0.293 e. The van der Waals surface area contributed by atoms with E-state index in [2.05, 4.69) is 15.3 Å². The second-order valence-electron chi connectivity index (χ2n) is 7.01. The van der Waals surface area contributed by atoms with E-state index in [0.29, 0.717) is 33.1 Å². The van der Waals surface area contributed by atoms with Gasteiger partial charge in [0.15, 0.2) is 11.4 Å². The molecule has 0 bridgehead atoms. The number of nitrogens with one attached hydrogen (secondary N) is 1. The number of aromatic nitrogens is 3. The van der Waals surface area contributed by atoms with Crippen LogP contribution in [0, 0.1) is 0 Å². The summed E-state index contributed by atoms with van der Waals surface area (Å²) in [4.78, 5) is 39.4. The number of benzene rings is 1. The summed E-state index contributed by atoms with van der Waals surface area (Å²) in [5, 5.41) is 13.1. The van der Waals surface area contributed by atoms with Gasteiger partial charge in [0.25, 0.3) is 5.56 Å². The summed E-state index contributed by atoms with van der Waals surface area (Å²) in [6, 6.07) is 6.57. The molecule has 0 atom stereocenters. The van der Waals surface area contributed by atoms with E-state index in [1.54, 1.807) is 36.4 Å². The van der Waals surface area contributed by atoms with Crippen LogP contribution in [0.15, 0.2) is 58.7 Å². The van der Waals surface area contributed by atoms with Crippen LogP contribution in [0.4, 0.5) is 5.95 Å². The highest BCUT2D eigenvalue weighted by molar-refractivity contribution is 6.39. The van der Waals surface area contributed by atoms with Gasteiger partial charge in [-0.3, -0.25) is 9.59 Å². The van der Waals surface area contributed by atoms with Gasteiger partial charge < -0.3 is 15.3 Å². The van der Waals surface area contributed by atoms with Crippen molar-refractivity contribution < 1.29 is 14.7 Å². The third-order valence-electron chi connectivity index (χ3n) is 4.97. The molecule has 1 aliphatic carbocycles. The summed E-state index contributed by atoms with van der Waals surface area (Å²) < 4.78 is 1.02. The van der Waals surface area contributed by atoms with Gasteiger partial charge in [-0.1, -0.05) is 40.9 Å². The fourth-order valence-electron chi connectivity index (χ4n) is 3.43. The molecule has 10 heteroatoms. The van der Waals surface area contributed by atoms with E-state index in [9.17, 15) is 9.59 Å². The molecule has 1 aromatic carbocycles. The molecule has 0 spiro atoms. The first-order chi connectivity index (χ1) is 15.4. The largest absolute Gasteiger partial charge is 0.412 e. The minimum atomic E-state index is -0.496. The number of anilines is 1. The first-order valence-electron chi connectivity index (χ1n) is 9.65. The van der Waals surface area contributed by atoms with Crippen LogP contribution in [-0.4, -0.2) is 39.3 Å². The molecule has 0 fully saturated rings. The highest BCUT2D eigenvalue weighted by Crippen LogP contribution is 2.33. The zero-order chi connectivity index (χ0) is 22.8. The highest BCUT2D eigenvalue weighted by Gasteiger charge is 2.20. The number of rotatable bonds is 6. The number of ketones is 1. The van der Waals surface area contributed by atoms with E-state index in [1.807, 2.05) is 0 Å². The van der Waals surface area contributed by atoms with Gasteiger partial charge >= 0.3 is 0 Å². The Morgan fingerprint density at radius 2 is 1.97 bits per heavy atom. The lowest BCUT2D eigenvalue weighted by Crippen LogP contribution is -2.27. The van der Waals surface area contributed by atoms with Crippen LogP contribution in [-0.2, 0) is 4.79 Å². The Morgan fingerprint density at radius 3 is 2.62 bits per heavy atom. The minimum Gasteiger partial charge on any atom is -0.412 e. The Labute approximate surface area is 192 Å². The number of carbonyl (C=O) groups is 1. The van der Waals surface area contributed by atoms with Crippen molar-refractivity contribution in [1.29, 1.82) is 0 Å². The van der Waals surface area contributed by atoms with E-state index in [0.717, 1.165) is 10.3 Å². The maximum atomic E-state index is 13.1. The molecule has 32 heavy (non-hydrogen) atoms. The molecule has 0 aliphatic heterocycles. The van der Waals surface area contributed by atoms with E-state index < -0.39 is 5.56 Å². The molecule has 0 unspecified atom stereocenters. The second kappa shape index (κ2) is 9.12. The third-order valence-corrected chi connectivity index (χ3v) is 5.60. The number of pyridine rings is 1. The number of fused-ring (bicyclic) bond motifs is 1. The molecule has 1 aliphatic rings. The number of nitrogens with zero attached hydrogens (tertiary/aromatic N) is 3. The van der Waals surface area contributed by atoms with Crippen molar-refractivity contribution in [3.63, 3.8) is 0 Å². The molecular formula is C22H18Cl2N4O4. The lowest BCUT2D eigenvalue weighted by Gasteiger charge is -2.15. The van der Waals surface area contributed by atoms with E-state index in [-0.39, 0.29) is 36.0 Å². The number of aliphatic hydroxyl groups is 1. The van der Waals surface area contributed by atoms with Crippen LogP contribution < -0.4 is 15.7 Å². The van der Waals surface area contributed by atoms with Gasteiger partial charge in [0.05, 0.1) is 21.3 Å². The molecule has 164 valence electrons. The van der Waals surface area contributed by atoms with E-state index >= 15 is 0 Å². The van der Waals surface area contributed by atoms with Gasteiger partial charge in [-0.2, -0.15) is 4.98 Å². The van der Waals surface area contributed by atoms with Crippen LogP contribution >= 0.6 is 23.2 Å². The fraction of sp³-hybridized carbons (Fsp3) is 0.182. The highest BCUT2D eigenvalue weighted by atomic mass is 35.5. The molecule has 2 N–H and O–H groups in total. The minimum absolute atomic E-state index is 0.0144. The number of hydrogen-bond donors (Lipinski definition) is 2. The van der Waals surface area contributed by atoms with E-state index in [1.165, 1.54) is 13.3 Å². The summed E-state index contributed by atoms with van der Waals surface area (Å²) in [6.45, 7) is -0.0144. The Kier molecular flexibility index (Phi) is 6.27. The quantitative estimate of drug-likeness (QED) is 0.565. The van der Waals surface area contributed by atoms with Gasteiger partial charge in [-0.15, -0.1) is 4.73 Å². The molecule has 8 nitrogen and oxygen atoms in total. The molecule has 0 amide bonds. The predicted molar refractivity (Wildman–Crippen MR) is 123 cm³/mol. The average molecular weight is 473 g/mol. The number of Topliss-reactive ketones (excluding diaryl/α,β-unsaturated/α-hetero) is 1. The first kappa shape index (κ1) is 22.0. The maximum absolute atomic E-state index is 13.1. The Morgan fingerprint density at radius 1 is 1.22 bits per heavy atom. The molecule has 4 rings (SSSR count). The Balaban J connectivity index is 1.77. The summed E-state index contributed by atoms with van der Waals surface area (Å²) >= 11 is 12.6. The molecule has 0 saturated carbocycles. The number of hydrogen-bond acceptors (Lipinski definition) is 7. The number of carbonyl (C=O) groups excluding carboxylic acids is 1. The monoisotopic (exact) mass is 472 g/mol. The Bertz CT molecular complexity index is 1330. The van der Waals surface area contributed by atoms with Crippen molar-refractivity contribution in [2.24, 2.45) is 0 Å². The summed E-state index contributed by atoms with van der Waals surface area (Å²) in [5.41, 5.74) is 1.51. The van der Waals surface area contributed by atoms with Crippen molar-refractivity contribution in [2.75, 3.05) is 19.0 Å². The standard InChI is InChI=1S/C22H18Cl2N4O4/c1-32-28-20-13(10-14(21(28)31)19-15(23)3-2-4-16(19)24)11-25-22(27-20)26-17-6-5-12(7-8-29)9-18(17)30/h2-6,10-11,29H,7-9H2,1H3,(H,25,26,27). The van der Waals surface area contributed by atoms with Gasteiger partial charge in [0.1, 0.15) is 7.11 Å². The fourth-order valence-corrected chi connectivity index (χ4v) is 4.04. The number of allylic oxidation sites excluding steroid dienone is 3. The first-order valence-corrected chi connectivity index (χ1v) is 10.4. The van der Waals surface area contributed by atoms with E-state index in [4.69, 9.17) is 33.1 Å². The molecular weight excluding hydrogens is 455 g/mol. The van der Waals surface area contributed by atoms with Crippen molar-refractivity contribution in [1.82, 2.24) is 14.7 Å². The Hall–Kier alpha value is -3.20. The van der Waals surface area contributed by atoms with Crippen LogP contribution in [0.25, 0.3) is 22.2 Å². The topological polar surface area (TPSA) is 106 Å². The average Bonchev–Trinajstić information content (AvgIpc) is 2.76. The van der Waals surface area contributed by atoms with Crippen molar-refractivity contribution in [3.8, 4) is 11.1 Å². The van der Waals surface area contributed by atoms with Gasteiger partial charge in [-0.25, -0.2) is 4.98 Å². The van der Waals surface area contributed by atoms with Gasteiger partial charge in [-0.05, 0) is 30.7 Å². The van der Waals surface area contributed by atoms with Gasteiger partial charge in [0.2, 0.25) is 5.95 Å². The van der Waals surface area contributed by atoms with Crippen LogP contribution in [0.1, 0.15) is 12.8 Å². The summed E-state index contributed by atoms with van der Waals surface area (Å²) in [6.07, 6.45) is 5.56. The second-order valence-corrected chi connectivity index (χ2v) is 7.83. The zero-order valence-electron chi connectivity index (χ0n) is 16.9. The number of halogens is 2. The lowest BCUT2D eigenvalue weighted by molar-refractivity contribution is -0.114. The SMILES string of the molecule is COn1c(=O)c(-c2c(Cl)cccc2Cl)cc2cnc(NC3=CC=C(CCO)CC3=O)nc21. The molecule has 2 heterocycles. The number of aliphatic hydroxyl groups excluding tert-OH is 1. The molecule has 0 radical (unpaired) electrons. The molecule has 3 aromatic rings. The van der Waals surface area contributed by atoms with Gasteiger partial charge in [0, 0.05) is 30.2 Å². The summed E-state index contributed by atoms with van der Waals surface area (Å²) in [7, 11) is 1.34. The zero-order valence-corrected chi connectivity index (χ0v) is 18.4. The van der Waals surface area contributed by atoms with Crippen LogP contribution in [0.5, 0.6) is 0 Å². The normalized spacial score (nSPS) is 13.7. The van der Waals surface area contributed by atoms with Crippen LogP contribution in [0.3, 0.4) is 0 Å². The lowest BCUT2D eigenvalue weighted by atomic mass is 9.99. The molecule has 0 saturated heterocycles. The van der Waals surface area contributed by atoms with Crippen LogP contribution in [0.2, 0.25) is 10.0 Å².